The van der Waals surface area contributed by atoms with Crippen molar-refractivity contribution >= 4 is 28.4 Å². The van der Waals surface area contributed by atoms with Crippen molar-refractivity contribution in [1.82, 2.24) is 4.90 Å². The molecule has 1 heterocycles. The Labute approximate surface area is 159 Å². The molecule has 2 nitrogen and oxygen atoms in total. The highest BCUT2D eigenvalue weighted by Gasteiger charge is 2.35. The minimum Gasteiger partial charge on any atom is -0.322 e. The lowest BCUT2D eigenvalue weighted by Crippen LogP contribution is -2.30. The van der Waals surface area contributed by atoms with Gasteiger partial charge in [0, 0.05) is 17.9 Å². The number of thioether (sulfide) groups is 1. The fourth-order valence-corrected chi connectivity index (χ4v) is 4.63. The van der Waals surface area contributed by atoms with E-state index in [-0.39, 0.29) is 5.91 Å². The van der Waals surface area contributed by atoms with Gasteiger partial charge in [0.15, 0.2) is 0 Å². The van der Waals surface area contributed by atoms with Crippen LogP contribution in [-0.4, -0.2) is 23.1 Å². The highest BCUT2D eigenvalue weighted by molar-refractivity contribution is 7.99. The molecule has 0 aliphatic carbocycles. The molecular formula is C21H16F3NOS. The van der Waals surface area contributed by atoms with Crippen molar-refractivity contribution in [3.8, 4) is 0 Å². The minimum atomic E-state index is -4.40. The number of amides is 1. The van der Waals surface area contributed by atoms with E-state index in [9.17, 15) is 18.0 Å². The summed E-state index contributed by atoms with van der Waals surface area (Å²) in [5.74, 6) is 0.538. The second kappa shape index (κ2) is 6.93. The summed E-state index contributed by atoms with van der Waals surface area (Å²) in [5, 5.41) is 1.40. The van der Waals surface area contributed by atoms with Gasteiger partial charge in [0.05, 0.1) is 5.56 Å². The van der Waals surface area contributed by atoms with Crippen molar-refractivity contribution in [2.24, 2.45) is 0 Å². The number of carbonyl (C=O) groups is 1. The van der Waals surface area contributed by atoms with Gasteiger partial charge in [-0.25, -0.2) is 0 Å². The Morgan fingerprint density at radius 2 is 1.74 bits per heavy atom. The van der Waals surface area contributed by atoms with Gasteiger partial charge in [-0.1, -0.05) is 48.5 Å². The Morgan fingerprint density at radius 1 is 1.00 bits per heavy atom. The zero-order valence-corrected chi connectivity index (χ0v) is 15.1. The summed E-state index contributed by atoms with van der Waals surface area (Å²) in [4.78, 5) is 14.9. The molecule has 4 rings (SSSR count). The SMILES string of the molecule is O=C(c1cccc2ccccc12)N1CCSC1c1cccc(C(F)(F)F)c1. The van der Waals surface area contributed by atoms with Crippen LogP contribution >= 0.6 is 11.8 Å². The lowest BCUT2D eigenvalue weighted by molar-refractivity contribution is -0.137. The van der Waals surface area contributed by atoms with Crippen molar-refractivity contribution in [1.29, 1.82) is 0 Å². The molecule has 1 amide bonds. The van der Waals surface area contributed by atoms with Crippen molar-refractivity contribution in [3.63, 3.8) is 0 Å². The summed E-state index contributed by atoms with van der Waals surface area (Å²) in [7, 11) is 0. The molecule has 1 saturated heterocycles. The lowest BCUT2D eigenvalue weighted by Gasteiger charge is -2.25. The summed E-state index contributed by atoms with van der Waals surface area (Å²) < 4.78 is 39.2. The molecule has 0 aromatic heterocycles. The third-order valence-corrected chi connectivity index (χ3v) is 5.93. The first-order chi connectivity index (χ1) is 12.9. The Balaban J connectivity index is 1.70. The molecule has 1 aliphatic rings. The Hall–Kier alpha value is -2.47. The quantitative estimate of drug-likeness (QED) is 0.558. The van der Waals surface area contributed by atoms with Crippen LogP contribution in [0.15, 0.2) is 66.7 Å². The first-order valence-electron chi connectivity index (χ1n) is 8.52. The fraction of sp³-hybridized carbons (Fsp3) is 0.190. The smallest absolute Gasteiger partial charge is 0.322 e. The predicted molar refractivity (Wildman–Crippen MR) is 102 cm³/mol. The number of benzene rings is 3. The Kier molecular flexibility index (Phi) is 4.60. The van der Waals surface area contributed by atoms with Crippen LogP contribution in [0.5, 0.6) is 0 Å². The van der Waals surface area contributed by atoms with Gasteiger partial charge in [-0.05, 0) is 34.5 Å². The Bertz CT molecular complexity index is 997. The van der Waals surface area contributed by atoms with E-state index >= 15 is 0 Å². The molecule has 27 heavy (non-hydrogen) atoms. The third kappa shape index (κ3) is 3.41. The molecule has 1 atom stereocenters. The number of alkyl halides is 3. The third-order valence-electron chi connectivity index (χ3n) is 4.67. The number of nitrogens with zero attached hydrogens (tertiary/aromatic N) is 1. The first-order valence-corrected chi connectivity index (χ1v) is 9.57. The molecule has 0 N–H and O–H groups in total. The maximum atomic E-state index is 13.2. The molecule has 6 heteroatoms. The van der Waals surface area contributed by atoms with Crippen LogP contribution in [0, 0.1) is 0 Å². The number of hydrogen-bond donors (Lipinski definition) is 0. The highest BCUT2D eigenvalue weighted by atomic mass is 32.2. The number of fused-ring (bicyclic) bond motifs is 1. The summed E-state index contributed by atoms with van der Waals surface area (Å²) >= 11 is 1.49. The van der Waals surface area contributed by atoms with Crippen LogP contribution in [0.2, 0.25) is 0 Å². The zero-order chi connectivity index (χ0) is 19.0. The van der Waals surface area contributed by atoms with Crippen molar-refractivity contribution in [2.45, 2.75) is 11.6 Å². The highest BCUT2D eigenvalue weighted by Crippen LogP contribution is 2.41. The number of rotatable bonds is 2. The molecule has 0 spiro atoms. The van der Waals surface area contributed by atoms with Crippen molar-refractivity contribution in [3.05, 3.63) is 83.4 Å². The predicted octanol–water partition coefficient (Wildman–Crippen LogP) is 5.75. The van der Waals surface area contributed by atoms with Crippen LogP contribution in [0.25, 0.3) is 10.8 Å². The van der Waals surface area contributed by atoms with Gasteiger partial charge >= 0.3 is 6.18 Å². The molecule has 3 aromatic carbocycles. The van der Waals surface area contributed by atoms with Crippen molar-refractivity contribution < 1.29 is 18.0 Å². The normalized spacial score (nSPS) is 17.4. The average Bonchev–Trinajstić information content (AvgIpc) is 3.16. The zero-order valence-electron chi connectivity index (χ0n) is 14.2. The van der Waals surface area contributed by atoms with Gasteiger partial charge in [-0.3, -0.25) is 4.79 Å². The van der Waals surface area contributed by atoms with E-state index < -0.39 is 17.1 Å². The first kappa shape index (κ1) is 17.9. The lowest BCUT2D eigenvalue weighted by atomic mass is 10.0. The van der Waals surface area contributed by atoms with E-state index in [0.29, 0.717) is 23.4 Å². The molecule has 1 aliphatic heterocycles. The second-order valence-corrected chi connectivity index (χ2v) is 7.56. The summed E-state index contributed by atoms with van der Waals surface area (Å²) in [6.45, 7) is 0.508. The van der Waals surface area contributed by atoms with Gasteiger partial charge in [0.1, 0.15) is 5.37 Å². The number of carbonyl (C=O) groups excluding carboxylic acids is 1. The largest absolute Gasteiger partial charge is 0.416 e. The Morgan fingerprint density at radius 3 is 2.56 bits per heavy atom. The standard InChI is InChI=1S/C21H16F3NOS/c22-21(23,24)16-8-3-7-15(13-16)20-25(11-12-27-20)19(26)18-10-4-6-14-5-1-2-9-17(14)18/h1-10,13,20H,11-12H2. The van der Waals surface area contributed by atoms with Gasteiger partial charge in [0.25, 0.3) is 5.91 Å². The van der Waals surface area contributed by atoms with E-state index in [1.807, 2.05) is 36.4 Å². The van der Waals surface area contributed by atoms with E-state index in [2.05, 4.69) is 0 Å². The van der Waals surface area contributed by atoms with Gasteiger partial charge in [-0.2, -0.15) is 13.2 Å². The summed E-state index contributed by atoms with van der Waals surface area (Å²) in [5.41, 5.74) is 0.388. The van der Waals surface area contributed by atoms with Crippen LogP contribution in [0.4, 0.5) is 13.2 Å². The molecule has 3 aromatic rings. The topological polar surface area (TPSA) is 20.3 Å². The maximum absolute atomic E-state index is 13.2. The molecule has 138 valence electrons. The van der Waals surface area contributed by atoms with E-state index in [0.717, 1.165) is 22.9 Å². The van der Waals surface area contributed by atoms with E-state index in [1.54, 1.807) is 17.0 Å². The van der Waals surface area contributed by atoms with E-state index in [4.69, 9.17) is 0 Å². The maximum Gasteiger partial charge on any atom is 0.416 e. The fourth-order valence-electron chi connectivity index (χ4n) is 3.39. The molecule has 1 fully saturated rings. The van der Waals surface area contributed by atoms with Crippen LogP contribution < -0.4 is 0 Å². The second-order valence-electron chi connectivity index (χ2n) is 6.37. The van der Waals surface area contributed by atoms with Crippen LogP contribution in [0.3, 0.4) is 0 Å². The summed E-state index contributed by atoms with van der Waals surface area (Å²) in [6, 6.07) is 18.4. The van der Waals surface area contributed by atoms with Gasteiger partial charge < -0.3 is 4.90 Å². The minimum absolute atomic E-state index is 0.154. The number of halogens is 3. The van der Waals surface area contributed by atoms with Crippen LogP contribution in [-0.2, 0) is 6.18 Å². The van der Waals surface area contributed by atoms with E-state index in [1.165, 1.54) is 17.8 Å². The molecule has 0 radical (unpaired) electrons. The molecule has 0 saturated carbocycles. The average molecular weight is 387 g/mol. The molecule has 1 unspecified atom stereocenters. The molecule has 0 bridgehead atoms. The number of hydrogen-bond acceptors (Lipinski definition) is 2. The van der Waals surface area contributed by atoms with Gasteiger partial charge in [-0.15, -0.1) is 11.8 Å². The van der Waals surface area contributed by atoms with Crippen LogP contribution in [0.1, 0.15) is 26.9 Å². The molecular weight excluding hydrogens is 371 g/mol. The monoisotopic (exact) mass is 387 g/mol. The van der Waals surface area contributed by atoms with Gasteiger partial charge in [0.2, 0.25) is 0 Å². The summed E-state index contributed by atoms with van der Waals surface area (Å²) in [6.07, 6.45) is -4.40. The van der Waals surface area contributed by atoms with Crippen molar-refractivity contribution in [2.75, 3.05) is 12.3 Å².